The van der Waals surface area contributed by atoms with Gasteiger partial charge in [-0.3, -0.25) is 24.0 Å². The van der Waals surface area contributed by atoms with E-state index in [-0.39, 0.29) is 19.3 Å². The molecule has 14 N–H and O–H groups in total. The number of nitrogens with two attached hydrogens (primary N) is 2. The summed E-state index contributed by atoms with van der Waals surface area (Å²) in [5.74, 6) is -7.64. The Labute approximate surface area is 257 Å². The largest absolute Gasteiger partial charge is 0.480 e. The standard InChI is InChI=1S/C25H44N6O14/c1-10(28-23(40)11(2)45-20(19(37)17(35)9-33)16(8-32)29-12(3)34)22(39)31-15(25(43)44)7-18(36)30-14(24(41)42)6-4-5-13(26)21(27)38/h10-11,13-17,19-20,32-33,35,37H,4-9,26H2,1-3H3,(H2,27,38)(H,28,40)(H,29,34)(H,30,36)(H,31,39)(H,41,42)(H,43,44)/t10?,11-,13?,14+,15-,16-,17+,19+,20+/m0/s1. The van der Waals surface area contributed by atoms with E-state index in [1.165, 1.54) is 0 Å². The molecule has 5 amide bonds. The van der Waals surface area contributed by atoms with Crippen LogP contribution in [0.15, 0.2) is 0 Å². The Morgan fingerprint density at radius 2 is 1.38 bits per heavy atom. The molecule has 0 radical (unpaired) electrons. The fourth-order valence-electron chi connectivity index (χ4n) is 3.80. The quantitative estimate of drug-likeness (QED) is 0.0518. The summed E-state index contributed by atoms with van der Waals surface area (Å²) in [6.07, 6.45) is -7.69. The van der Waals surface area contributed by atoms with E-state index in [1.54, 1.807) is 0 Å². The number of amides is 5. The molecule has 45 heavy (non-hydrogen) atoms. The van der Waals surface area contributed by atoms with Crippen LogP contribution in [0.3, 0.4) is 0 Å². The van der Waals surface area contributed by atoms with Gasteiger partial charge in [-0.05, 0) is 33.1 Å². The van der Waals surface area contributed by atoms with Crippen molar-refractivity contribution in [3.05, 3.63) is 0 Å². The maximum absolute atomic E-state index is 12.7. The number of carbonyl (C=O) groups excluding carboxylic acids is 5. The van der Waals surface area contributed by atoms with Crippen molar-refractivity contribution in [1.82, 2.24) is 21.3 Å². The van der Waals surface area contributed by atoms with E-state index >= 15 is 0 Å². The van der Waals surface area contributed by atoms with Crippen molar-refractivity contribution in [3.63, 3.8) is 0 Å². The van der Waals surface area contributed by atoms with E-state index in [0.717, 1.165) is 20.8 Å². The van der Waals surface area contributed by atoms with Gasteiger partial charge in [-0.25, -0.2) is 9.59 Å². The summed E-state index contributed by atoms with van der Waals surface area (Å²) >= 11 is 0. The molecule has 0 aliphatic rings. The van der Waals surface area contributed by atoms with Crippen LogP contribution in [0.25, 0.3) is 0 Å². The van der Waals surface area contributed by atoms with Crippen LogP contribution in [0.2, 0.25) is 0 Å². The summed E-state index contributed by atoms with van der Waals surface area (Å²) in [6.45, 7) is 1.69. The molecular weight excluding hydrogens is 608 g/mol. The van der Waals surface area contributed by atoms with Crippen LogP contribution in [0.5, 0.6) is 0 Å². The molecule has 9 atom stereocenters. The number of carboxylic acid groups (broad SMARTS) is 2. The summed E-state index contributed by atoms with van der Waals surface area (Å²) in [7, 11) is 0. The minimum Gasteiger partial charge on any atom is -0.480 e. The number of carboxylic acids is 2. The maximum Gasteiger partial charge on any atom is 0.326 e. The van der Waals surface area contributed by atoms with Crippen LogP contribution in [0.1, 0.15) is 46.5 Å². The molecule has 0 aliphatic heterocycles. The first-order valence-corrected chi connectivity index (χ1v) is 13.8. The molecule has 0 saturated heterocycles. The van der Waals surface area contributed by atoms with Gasteiger partial charge in [0.25, 0.3) is 0 Å². The number of aliphatic hydroxyl groups is 4. The Morgan fingerprint density at radius 1 is 0.800 bits per heavy atom. The Kier molecular flexibility index (Phi) is 18.4. The van der Waals surface area contributed by atoms with Crippen molar-refractivity contribution in [2.24, 2.45) is 11.5 Å². The van der Waals surface area contributed by atoms with E-state index in [0.29, 0.717) is 0 Å². The zero-order chi connectivity index (χ0) is 35.0. The van der Waals surface area contributed by atoms with Crippen molar-refractivity contribution >= 4 is 41.5 Å². The molecule has 20 heteroatoms. The van der Waals surface area contributed by atoms with E-state index in [9.17, 15) is 59.1 Å². The lowest BCUT2D eigenvalue weighted by molar-refractivity contribution is -0.158. The topological polar surface area (TPSA) is 350 Å². The predicted molar refractivity (Wildman–Crippen MR) is 151 cm³/mol. The highest BCUT2D eigenvalue weighted by Crippen LogP contribution is 2.13. The summed E-state index contributed by atoms with van der Waals surface area (Å²) in [6, 6.07) is -7.08. The lowest BCUT2D eigenvalue weighted by atomic mass is 10.0. The number of aliphatic carboxylic acids is 2. The minimum atomic E-state index is -1.88. The molecule has 0 saturated carbocycles. The van der Waals surface area contributed by atoms with Crippen LogP contribution in [-0.2, 0) is 38.3 Å². The Balaban J connectivity index is 5.34. The van der Waals surface area contributed by atoms with Crippen molar-refractivity contribution in [1.29, 1.82) is 0 Å². The van der Waals surface area contributed by atoms with Gasteiger partial charge in [0, 0.05) is 6.92 Å². The number of hydrogen-bond acceptors (Lipinski definition) is 13. The number of ether oxygens (including phenoxy) is 1. The van der Waals surface area contributed by atoms with Gasteiger partial charge in [0.1, 0.15) is 42.5 Å². The number of rotatable bonds is 22. The second-order valence-corrected chi connectivity index (χ2v) is 10.2. The molecule has 2 unspecified atom stereocenters. The summed E-state index contributed by atoms with van der Waals surface area (Å²) < 4.78 is 5.45. The van der Waals surface area contributed by atoms with Gasteiger partial charge in [0.2, 0.25) is 29.5 Å². The number of nitrogens with one attached hydrogen (secondary N) is 4. The zero-order valence-electron chi connectivity index (χ0n) is 25.0. The second-order valence-electron chi connectivity index (χ2n) is 10.2. The van der Waals surface area contributed by atoms with Gasteiger partial charge < -0.3 is 68.1 Å². The van der Waals surface area contributed by atoms with Gasteiger partial charge in [-0.1, -0.05) is 0 Å². The molecule has 258 valence electrons. The summed E-state index contributed by atoms with van der Waals surface area (Å²) in [4.78, 5) is 83.4. The fraction of sp³-hybridized carbons (Fsp3) is 0.720. The molecule has 20 nitrogen and oxygen atoms in total. The average molecular weight is 653 g/mol. The minimum absolute atomic E-state index is 0.0409. The van der Waals surface area contributed by atoms with E-state index in [1.807, 2.05) is 5.32 Å². The number of hydrogen-bond donors (Lipinski definition) is 12. The second kappa shape index (κ2) is 20.2. The molecule has 0 aromatic heterocycles. The highest BCUT2D eigenvalue weighted by molar-refractivity contribution is 5.93. The molecule has 0 aromatic carbocycles. The van der Waals surface area contributed by atoms with Crippen molar-refractivity contribution < 1.29 is 68.9 Å². The molecule has 0 fully saturated rings. The highest BCUT2D eigenvalue weighted by atomic mass is 16.5. The fourth-order valence-corrected chi connectivity index (χ4v) is 3.80. The SMILES string of the molecule is CC(=O)N[C@@H](CO)[C@@H](O[C@@H](C)C(=O)NC(C)C(=O)N[C@@H](CC(=O)N[C@H](CCCC(N)C(N)=O)C(=O)O)C(=O)O)[C@H](O)[C@H](O)CO. The van der Waals surface area contributed by atoms with Gasteiger partial charge in [0.15, 0.2) is 0 Å². The molecule has 0 aliphatic carbocycles. The summed E-state index contributed by atoms with van der Waals surface area (Å²) in [5, 5.41) is 66.5. The van der Waals surface area contributed by atoms with Gasteiger partial charge >= 0.3 is 11.9 Å². The maximum atomic E-state index is 12.7. The van der Waals surface area contributed by atoms with E-state index in [4.69, 9.17) is 21.3 Å². The lowest BCUT2D eigenvalue weighted by Gasteiger charge is -2.34. The summed E-state index contributed by atoms with van der Waals surface area (Å²) in [5.41, 5.74) is 10.5. The first-order chi connectivity index (χ1) is 20.9. The Hall–Kier alpha value is -3.95. The first kappa shape index (κ1) is 41.0. The smallest absolute Gasteiger partial charge is 0.326 e. The monoisotopic (exact) mass is 652 g/mol. The van der Waals surface area contributed by atoms with Crippen LogP contribution in [0, 0.1) is 0 Å². The van der Waals surface area contributed by atoms with Crippen LogP contribution >= 0.6 is 0 Å². The van der Waals surface area contributed by atoms with Crippen LogP contribution < -0.4 is 32.7 Å². The Bertz CT molecular complexity index is 1050. The number of aliphatic hydroxyl groups excluding tert-OH is 4. The number of carbonyl (C=O) groups is 7. The number of primary amides is 1. The van der Waals surface area contributed by atoms with Crippen LogP contribution in [0.4, 0.5) is 0 Å². The first-order valence-electron chi connectivity index (χ1n) is 13.8. The normalized spacial score (nSPS) is 17.2. The third kappa shape index (κ3) is 15.1. The molecule has 0 rings (SSSR count). The third-order valence-corrected chi connectivity index (χ3v) is 6.39. The third-order valence-electron chi connectivity index (χ3n) is 6.39. The Morgan fingerprint density at radius 3 is 1.84 bits per heavy atom. The average Bonchev–Trinajstić information content (AvgIpc) is 2.96. The van der Waals surface area contributed by atoms with Gasteiger partial charge in [0.05, 0.1) is 31.7 Å². The van der Waals surface area contributed by atoms with Crippen molar-refractivity contribution in [3.8, 4) is 0 Å². The van der Waals surface area contributed by atoms with E-state index in [2.05, 4.69) is 16.0 Å². The predicted octanol–water partition coefficient (Wildman–Crippen LogP) is -6.01. The van der Waals surface area contributed by atoms with Crippen molar-refractivity contribution in [2.45, 2.75) is 101 Å². The van der Waals surface area contributed by atoms with Crippen LogP contribution in [-0.4, -0.2) is 140 Å². The lowest BCUT2D eigenvalue weighted by Crippen LogP contribution is -2.58. The highest BCUT2D eigenvalue weighted by Gasteiger charge is 2.37. The van der Waals surface area contributed by atoms with Gasteiger partial charge in [-0.2, -0.15) is 0 Å². The molecule has 0 spiro atoms. The molecule has 0 aromatic rings. The van der Waals surface area contributed by atoms with Gasteiger partial charge in [-0.15, -0.1) is 0 Å². The van der Waals surface area contributed by atoms with E-state index < -0.39 is 116 Å². The molecular formula is C25H44N6O14. The zero-order valence-corrected chi connectivity index (χ0v) is 25.0. The molecule has 0 heterocycles. The molecule has 0 bridgehead atoms. The van der Waals surface area contributed by atoms with Crippen molar-refractivity contribution in [2.75, 3.05) is 13.2 Å².